The Hall–Kier alpha value is -1.33. The molecule has 0 saturated heterocycles. The highest BCUT2D eigenvalue weighted by atomic mass is 35.5. The molecule has 0 amide bonds. The molecule has 0 aliphatic rings. The Kier molecular flexibility index (Phi) is 5.73. The average Bonchev–Trinajstić information content (AvgIpc) is 2.64. The highest BCUT2D eigenvalue weighted by molar-refractivity contribution is 7.80. The summed E-state index contributed by atoms with van der Waals surface area (Å²) in [4.78, 5) is 0. The van der Waals surface area contributed by atoms with Gasteiger partial charge in [-0.25, -0.2) is 0 Å². The normalized spacial score (nSPS) is 10.9. The Bertz CT molecular complexity index is 724. The van der Waals surface area contributed by atoms with Crippen LogP contribution in [0, 0.1) is 0 Å². The summed E-state index contributed by atoms with van der Waals surface area (Å²) in [6.45, 7) is 0. The summed E-state index contributed by atoms with van der Waals surface area (Å²) >= 11 is 12.4. The third-order valence-electron chi connectivity index (χ3n) is 3.77. The first-order chi connectivity index (χ1) is 11.3. The minimum Gasteiger partial charge on any atom is -0.122 e. The molecule has 0 aliphatic heterocycles. The molecular formula is C20H17Cl2P. The zero-order valence-corrected chi connectivity index (χ0v) is 15.0. The van der Waals surface area contributed by atoms with Gasteiger partial charge in [-0.3, -0.25) is 0 Å². The van der Waals surface area contributed by atoms with Crippen LogP contribution < -0.4 is 15.9 Å². The summed E-state index contributed by atoms with van der Waals surface area (Å²) in [6.07, 6.45) is 0. The third-order valence-corrected chi connectivity index (χ3v) is 6.99. The van der Waals surface area contributed by atoms with E-state index in [9.17, 15) is 0 Å². The van der Waals surface area contributed by atoms with E-state index in [-0.39, 0.29) is 0 Å². The first-order valence-corrected chi connectivity index (χ1v) is 9.89. The monoisotopic (exact) mass is 358 g/mol. The molecule has 0 fully saturated rings. The van der Waals surface area contributed by atoms with Gasteiger partial charge < -0.3 is 0 Å². The molecule has 0 N–H and O–H groups in total. The average molecular weight is 359 g/mol. The van der Waals surface area contributed by atoms with Crippen LogP contribution in [0.1, 0.15) is 11.1 Å². The van der Waals surface area contributed by atoms with E-state index in [1.54, 1.807) is 0 Å². The molecule has 3 rings (SSSR count). The standard InChI is InChI=1S/C20H17Cl2P/c21-14-16-8-4-6-12-19(16)23(18-10-2-1-3-11-18)20-13-7-5-9-17(20)15-22/h1-13H,14-15H2. The second-order valence-corrected chi connectivity index (χ2v) is 7.88. The van der Waals surface area contributed by atoms with Crippen LogP contribution in [0.25, 0.3) is 0 Å². The van der Waals surface area contributed by atoms with E-state index in [0.29, 0.717) is 11.8 Å². The molecule has 0 aliphatic carbocycles. The van der Waals surface area contributed by atoms with Crippen molar-refractivity contribution in [3.63, 3.8) is 0 Å². The van der Waals surface area contributed by atoms with E-state index < -0.39 is 7.92 Å². The molecule has 3 aromatic carbocycles. The molecular weight excluding hydrogens is 342 g/mol. The number of halogens is 2. The van der Waals surface area contributed by atoms with Crippen LogP contribution in [0.5, 0.6) is 0 Å². The fourth-order valence-electron chi connectivity index (χ4n) is 2.67. The van der Waals surface area contributed by atoms with E-state index in [1.807, 2.05) is 12.1 Å². The quantitative estimate of drug-likeness (QED) is 0.448. The Morgan fingerprint density at radius 2 is 1.00 bits per heavy atom. The summed E-state index contributed by atoms with van der Waals surface area (Å²) < 4.78 is 0. The van der Waals surface area contributed by atoms with E-state index in [0.717, 1.165) is 0 Å². The molecule has 0 nitrogen and oxygen atoms in total. The fraction of sp³-hybridized carbons (Fsp3) is 0.100. The lowest BCUT2D eigenvalue weighted by Gasteiger charge is -2.23. The van der Waals surface area contributed by atoms with Crippen LogP contribution in [-0.4, -0.2) is 0 Å². The van der Waals surface area contributed by atoms with Gasteiger partial charge in [0.2, 0.25) is 0 Å². The Morgan fingerprint density at radius 3 is 1.48 bits per heavy atom. The zero-order chi connectivity index (χ0) is 16.1. The number of hydrogen-bond acceptors (Lipinski definition) is 0. The Labute approximate surface area is 148 Å². The van der Waals surface area contributed by atoms with E-state index >= 15 is 0 Å². The van der Waals surface area contributed by atoms with Gasteiger partial charge in [-0.15, -0.1) is 23.2 Å². The van der Waals surface area contributed by atoms with Crippen LogP contribution in [0.4, 0.5) is 0 Å². The number of rotatable bonds is 5. The van der Waals surface area contributed by atoms with Crippen LogP contribution in [-0.2, 0) is 11.8 Å². The maximum absolute atomic E-state index is 6.21. The van der Waals surface area contributed by atoms with Gasteiger partial charge in [0.15, 0.2) is 0 Å². The lowest BCUT2D eigenvalue weighted by Crippen LogP contribution is -2.25. The number of benzene rings is 3. The maximum atomic E-state index is 6.21. The molecule has 0 saturated carbocycles. The van der Waals surface area contributed by atoms with Gasteiger partial charge in [0.05, 0.1) is 0 Å². The minimum atomic E-state index is -0.668. The van der Waals surface area contributed by atoms with E-state index in [1.165, 1.54) is 27.0 Å². The van der Waals surface area contributed by atoms with Crippen molar-refractivity contribution in [2.45, 2.75) is 11.8 Å². The molecule has 0 heterocycles. The first kappa shape index (κ1) is 16.5. The van der Waals surface area contributed by atoms with Gasteiger partial charge in [-0.05, 0) is 35.0 Å². The van der Waals surface area contributed by atoms with E-state index in [4.69, 9.17) is 23.2 Å². The zero-order valence-electron chi connectivity index (χ0n) is 12.6. The minimum absolute atomic E-state index is 0.519. The van der Waals surface area contributed by atoms with Gasteiger partial charge >= 0.3 is 0 Å². The predicted octanol–water partition coefficient (Wildman–Crippen LogP) is 4.92. The molecule has 0 spiro atoms. The highest BCUT2D eigenvalue weighted by Gasteiger charge is 2.21. The molecule has 3 heteroatoms. The summed E-state index contributed by atoms with van der Waals surface area (Å²) in [5.74, 6) is 1.04. The molecule has 0 radical (unpaired) electrons. The SMILES string of the molecule is ClCc1ccccc1P(c1ccccc1)c1ccccc1CCl. The Balaban J connectivity index is 2.23. The number of hydrogen-bond donors (Lipinski definition) is 0. The van der Waals surface area contributed by atoms with Crippen LogP contribution in [0.15, 0.2) is 78.9 Å². The van der Waals surface area contributed by atoms with E-state index in [2.05, 4.69) is 66.7 Å². The first-order valence-electron chi connectivity index (χ1n) is 7.48. The largest absolute Gasteiger partial charge is 0.122 e. The molecule has 3 aromatic rings. The van der Waals surface area contributed by atoms with Crippen molar-refractivity contribution in [3.8, 4) is 0 Å². The maximum Gasteiger partial charge on any atom is 0.0480 e. The van der Waals surface area contributed by atoms with Crippen LogP contribution in [0.3, 0.4) is 0 Å². The van der Waals surface area contributed by atoms with Crippen molar-refractivity contribution in [2.75, 3.05) is 0 Å². The highest BCUT2D eigenvalue weighted by Crippen LogP contribution is 2.36. The third kappa shape index (κ3) is 3.61. The summed E-state index contributed by atoms with van der Waals surface area (Å²) in [6, 6.07) is 27.5. The van der Waals surface area contributed by atoms with Crippen molar-refractivity contribution in [1.29, 1.82) is 0 Å². The van der Waals surface area contributed by atoms with Gasteiger partial charge in [-0.2, -0.15) is 0 Å². The molecule has 0 aromatic heterocycles. The van der Waals surface area contributed by atoms with Gasteiger partial charge in [0, 0.05) is 11.8 Å². The van der Waals surface area contributed by atoms with Crippen molar-refractivity contribution in [1.82, 2.24) is 0 Å². The van der Waals surface area contributed by atoms with Crippen molar-refractivity contribution in [2.24, 2.45) is 0 Å². The summed E-state index contributed by atoms with van der Waals surface area (Å²) in [5.41, 5.74) is 2.38. The fourth-order valence-corrected chi connectivity index (χ4v) is 5.96. The lowest BCUT2D eigenvalue weighted by molar-refractivity contribution is 1.43. The smallest absolute Gasteiger partial charge is 0.0480 e. The second kappa shape index (κ2) is 7.97. The van der Waals surface area contributed by atoms with Crippen molar-refractivity contribution in [3.05, 3.63) is 90.0 Å². The molecule has 0 unspecified atom stereocenters. The molecule has 23 heavy (non-hydrogen) atoms. The van der Waals surface area contributed by atoms with Crippen molar-refractivity contribution < 1.29 is 0 Å². The van der Waals surface area contributed by atoms with Crippen molar-refractivity contribution >= 4 is 47.0 Å². The topological polar surface area (TPSA) is 0 Å². The summed E-state index contributed by atoms with van der Waals surface area (Å²) in [7, 11) is -0.668. The molecule has 0 atom stereocenters. The van der Waals surface area contributed by atoms with Gasteiger partial charge in [0.1, 0.15) is 0 Å². The van der Waals surface area contributed by atoms with Crippen LogP contribution >= 0.6 is 31.1 Å². The lowest BCUT2D eigenvalue weighted by atomic mass is 10.2. The second-order valence-electron chi connectivity index (χ2n) is 5.20. The van der Waals surface area contributed by atoms with Gasteiger partial charge in [-0.1, -0.05) is 78.9 Å². The Morgan fingerprint density at radius 1 is 0.565 bits per heavy atom. The molecule has 0 bridgehead atoms. The number of alkyl halides is 2. The summed E-state index contributed by atoms with van der Waals surface area (Å²) in [5, 5.41) is 3.93. The van der Waals surface area contributed by atoms with Gasteiger partial charge in [0.25, 0.3) is 0 Å². The van der Waals surface area contributed by atoms with Crippen LogP contribution in [0.2, 0.25) is 0 Å². The molecule has 116 valence electrons. The predicted molar refractivity (Wildman–Crippen MR) is 104 cm³/mol.